The van der Waals surface area contributed by atoms with Crippen molar-refractivity contribution in [3.05, 3.63) is 82.8 Å². The first-order valence-electron chi connectivity index (χ1n) is 14.2. The molecule has 1 unspecified atom stereocenters. The number of esters is 1. The van der Waals surface area contributed by atoms with Crippen LogP contribution in [0, 0.1) is 0 Å². The number of allylic oxidation sites excluding steroid dienone is 1. The predicted octanol–water partition coefficient (Wildman–Crippen LogP) is 6.02. The molecule has 2 atom stereocenters. The lowest BCUT2D eigenvalue weighted by Crippen LogP contribution is -2.25. The molecule has 0 saturated heterocycles. The summed E-state index contributed by atoms with van der Waals surface area (Å²) >= 11 is 0. The third-order valence-electron chi connectivity index (χ3n) is 7.35. The van der Waals surface area contributed by atoms with Crippen LogP contribution in [0.15, 0.2) is 59.2 Å². The Morgan fingerprint density at radius 3 is 2.60 bits per heavy atom. The summed E-state index contributed by atoms with van der Waals surface area (Å²) in [5.41, 5.74) is 0.854. The molecule has 0 fully saturated rings. The number of ketones is 1. The molecule has 0 radical (unpaired) electrons. The van der Waals surface area contributed by atoms with Crippen LogP contribution in [0.2, 0.25) is 0 Å². The lowest BCUT2D eigenvalue weighted by Gasteiger charge is -2.23. The van der Waals surface area contributed by atoms with Gasteiger partial charge in [0.05, 0.1) is 26.0 Å². The van der Waals surface area contributed by atoms with Gasteiger partial charge in [0, 0.05) is 30.7 Å². The normalized spacial score (nSPS) is 17.8. The Bertz CT molecular complexity index is 1410. The number of fused-ring (bicyclic) bond motifs is 1. The number of aromatic hydroxyl groups is 2. The van der Waals surface area contributed by atoms with Gasteiger partial charge in [-0.2, -0.15) is 0 Å². The van der Waals surface area contributed by atoms with Crippen molar-refractivity contribution in [2.24, 2.45) is 0 Å². The van der Waals surface area contributed by atoms with Crippen molar-refractivity contribution in [1.82, 2.24) is 5.32 Å². The third kappa shape index (κ3) is 7.81. The summed E-state index contributed by atoms with van der Waals surface area (Å²) in [6, 6.07) is 11.8. The highest BCUT2D eigenvalue weighted by Crippen LogP contribution is 2.44. The monoisotopic (exact) mass is 575 g/mol. The van der Waals surface area contributed by atoms with E-state index in [4.69, 9.17) is 13.9 Å². The zero-order chi connectivity index (χ0) is 30.1. The van der Waals surface area contributed by atoms with Crippen LogP contribution < -0.4 is 10.1 Å². The molecular weight excluding hydrogens is 538 g/mol. The van der Waals surface area contributed by atoms with Gasteiger partial charge in [-0.15, -0.1) is 0 Å². The number of amides is 1. The average Bonchev–Trinajstić information content (AvgIpc) is 3.48. The molecule has 2 aromatic carbocycles. The number of carbonyl (C=O) groups excluding carboxylic acids is 3. The molecule has 0 spiro atoms. The topological polar surface area (TPSA) is 135 Å². The number of ether oxygens (including phenoxy) is 2. The van der Waals surface area contributed by atoms with Gasteiger partial charge in [-0.25, -0.2) is 4.79 Å². The zero-order valence-electron chi connectivity index (χ0n) is 23.9. The van der Waals surface area contributed by atoms with E-state index in [2.05, 4.69) is 5.32 Å². The smallest absolute Gasteiger partial charge is 0.342 e. The fourth-order valence-electron chi connectivity index (χ4n) is 5.10. The fraction of sp³-hybridized carbons (Fsp3) is 0.364. The van der Waals surface area contributed by atoms with Gasteiger partial charge in [0.1, 0.15) is 34.4 Å². The molecule has 9 heteroatoms. The van der Waals surface area contributed by atoms with Gasteiger partial charge in [-0.1, -0.05) is 24.3 Å². The van der Waals surface area contributed by atoms with Crippen molar-refractivity contribution < 1.29 is 38.5 Å². The first-order chi connectivity index (χ1) is 20.3. The number of phenols is 2. The molecule has 1 aromatic heterocycles. The Balaban J connectivity index is 1.75. The van der Waals surface area contributed by atoms with E-state index < -0.39 is 23.7 Å². The fourth-order valence-corrected chi connectivity index (χ4v) is 5.10. The number of benzene rings is 2. The second-order valence-corrected chi connectivity index (χ2v) is 10.4. The van der Waals surface area contributed by atoms with Gasteiger partial charge >= 0.3 is 5.97 Å². The van der Waals surface area contributed by atoms with E-state index in [-0.39, 0.29) is 47.1 Å². The Morgan fingerprint density at radius 2 is 1.88 bits per heavy atom. The summed E-state index contributed by atoms with van der Waals surface area (Å²) in [4.78, 5) is 38.7. The summed E-state index contributed by atoms with van der Waals surface area (Å²) < 4.78 is 16.3. The van der Waals surface area contributed by atoms with Crippen LogP contribution in [0.5, 0.6) is 17.2 Å². The number of hydrogen-bond acceptors (Lipinski definition) is 8. The number of carbonyl (C=O) groups is 3. The van der Waals surface area contributed by atoms with Crippen LogP contribution >= 0.6 is 0 Å². The minimum Gasteiger partial charge on any atom is -0.507 e. The summed E-state index contributed by atoms with van der Waals surface area (Å²) in [7, 11) is 1.54. The highest BCUT2D eigenvalue weighted by atomic mass is 16.5. The maximum Gasteiger partial charge on any atom is 0.342 e. The first kappa shape index (κ1) is 30.4. The van der Waals surface area contributed by atoms with Crippen LogP contribution in [0.25, 0.3) is 6.08 Å². The molecule has 0 saturated carbocycles. The van der Waals surface area contributed by atoms with Crippen molar-refractivity contribution in [3.63, 3.8) is 0 Å². The quantitative estimate of drug-likeness (QED) is 0.291. The van der Waals surface area contributed by atoms with E-state index in [1.807, 2.05) is 0 Å². The molecule has 3 aromatic rings. The lowest BCUT2D eigenvalue weighted by molar-refractivity contribution is -0.121. The first-order valence-corrected chi connectivity index (χ1v) is 14.2. The van der Waals surface area contributed by atoms with E-state index in [1.165, 1.54) is 19.4 Å². The molecule has 3 N–H and O–H groups in total. The molecule has 42 heavy (non-hydrogen) atoms. The van der Waals surface area contributed by atoms with Gasteiger partial charge in [-0.3, -0.25) is 9.59 Å². The molecule has 1 aliphatic heterocycles. The SMILES string of the molecule is COc1ccc(C(CC(=O)NCc2ccco2)c2c(O)cc3c(c2O)C(=O)O[C@@H](C)CCCC(=O)CCC/C=C/3)cc1. The highest BCUT2D eigenvalue weighted by Gasteiger charge is 2.31. The second kappa shape index (κ2) is 14.4. The van der Waals surface area contributed by atoms with Crippen LogP contribution in [0.3, 0.4) is 0 Å². The molecular formula is C33H37NO8. The van der Waals surface area contributed by atoms with E-state index in [0.717, 1.165) is 0 Å². The summed E-state index contributed by atoms with van der Waals surface area (Å²) in [5, 5.41) is 25.7. The average molecular weight is 576 g/mol. The van der Waals surface area contributed by atoms with E-state index >= 15 is 0 Å². The Morgan fingerprint density at radius 1 is 1.12 bits per heavy atom. The Hall–Kier alpha value is -4.53. The molecule has 0 bridgehead atoms. The number of cyclic esters (lactones) is 1. The summed E-state index contributed by atoms with van der Waals surface area (Å²) in [6.45, 7) is 1.91. The van der Waals surface area contributed by atoms with Gasteiger partial charge in [0.2, 0.25) is 5.91 Å². The predicted molar refractivity (Wildman–Crippen MR) is 156 cm³/mol. The number of furan rings is 1. The van der Waals surface area contributed by atoms with E-state index in [1.54, 1.807) is 55.5 Å². The van der Waals surface area contributed by atoms with Crippen LogP contribution in [0.4, 0.5) is 0 Å². The molecule has 0 aliphatic carbocycles. The van der Waals surface area contributed by atoms with Crippen molar-refractivity contribution in [1.29, 1.82) is 0 Å². The van der Waals surface area contributed by atoms with Crippen molar-refractivity contribution >= 4 is 23.7 Å². The standard InChI is InChI=1S/C33H37NO8/c1-21-8-6-11-24(35)10-5-3-4-9-23-18-28(36)31(32(38)30(23)33(39)42-21)27(22-13-15-25(40-2)16-14-22)19-29(37)34-20-26-12-7-17-41-26/h4,7,9,12-18,21,27,36,38H,3,5-6,8,10-11,19-20H2,1-2H3,(H,34,37)/b9-4+/t21-,27?/m0/s1. The number of hydrogen-bond donors (Lipinski definition) is 3. The number of phenolic OH excluding ortho intramolecular Hbond substituents is 2. The minimum absolute atomic E-state index is 0.0387. The highest BCUT2D eigenvalue weighted by molar-refractivity contribution is 5.98. The van der Waals surface area contributed by atoms with Crippen molar-refractivity contribution in [2.45, 2.75) is 70.4 Å². The van der Waals surface area contributed by atoms with Gasteiger partial charge in [0.25, 0.3) is 0 Å². The number of Topliss-reactive ketones (excluding diaryl/α,β-unsaturated/α-hetero) is 1. The maximum absolute atomic E-state index is 13.5. The Kier molecular flexibility index (Phi) is 10.4. The molecule has 2 heterocycles. The minimum atomic E-state index is -0.814. The number of nitrogens with one attached hydrogen (secondary N) is 1. The Labute approximate surface area is 245 Å². The number of methoxy groups -OCH3 is 1. The molecule has 9 nitrogen and oxygen atoms in total. The van der Waals surface area contributed by atoms with Crippen LogP contribution in [0.1, 0.15) is 90.6 Å². The van der Waals surface area contributed by atoms with E-state index in [9.17, 15) is 24.6 Å². The van der Waals surface area contributed by atoms with Gasteiger partial charge in [0.15, 0.2) is 0 Å². The van der Waals surface area contributed by atoms with Crippen LogP contribution in [-0.4, -0.2) is 41.1 Å². The van der Waals surface area contributed by atoms with Gasteiger partial charge in [-0.05, 0) is 74.1 Å². The third-order valence-corrected chi connectivity index (χ3v) is 7.35. The van der Waals surface area contributed by atoms with Crippen molar-refractivity contribution in [3.8, 4) is 17.2 Å². The van der Waals surface area contributed by atoms with Crippen LogP contribution in [-0.2, 0) is 20.9 Å². The van der Waals surface area contributed by atoms with Gasteiger partial charge < -0.3 is 29.4 Å². The molecule has 1 aliphatic rings. The molecule has 222 valence electrons. The maximum atomic E-state index is 13.5. The lowest BCUT2D eigenvalue weighted by atomic mass is 9.84. The largest absolute Gasteiger partial charge is 0.507 e. The zero-order valence-corrected chi connectivity index (χ0v) is 23.9. The molecule has 1 amide bonds. The van der Waals surface area contributed by atoms with E-state index in [0.29, 0.717) is 55.6 Å². The van der Waals surface area contributed by atoms with Crippen molar-refractivity contribution in [2.75, 3.05) is 7.11 Å². The molecule has 4 rings (SSSR count). The summed E-state index contributed by atoms with van der Waals surface area (Å²) in [5.74, 6) is -1.28. The second-order valence-electron chi connectivity index (χ2n) is 10.4. The summed E-state index contributed by atoms with van der Waals surface area (Å²) in [6.07, 6.45) is 7.56. The number of rotatable bonds is 7.